The number of para-hydroxylation sites is 1. The molecule has 3 N–H and O–H groups in total. The Balaban J connectivity index is 2.49. The largest absolute Gasteiger partial charge is 0.409 e. The summed E-state index contributed by atoms with van der Waals surface area (Å²) in [6, 6.07) is 7.25. The van der Waals surface area contributed by atoms with Gasteiger partial charge < -0.3 is 15.8 Å². The predicted octanol–water partition coefficient (Wildman–Crippen LogP) is 0.0725. The molecular formula is C10H13N7O. The van der Waals surface area contributed by atoms with E-state index in [1.165, 1.54) is 4.68 Å². The topological polar surface area (TPSA) is 105 Å². The van der Waals surface area contributed by atoms with Gasteiger partial charge >= 0.3 is 0 Å². The summed E-state index contributed by atoms with van der Waals surface area (Å²) in [7, 11) is 3.53. The molecular weight excluding hydrogens is 234 g/mol. The average Bonchev–Trinajstić information content (AvgIpc) is 2.83. The number of oxime groups is 1. The molecule has 1 heterocycles. The van der Waals surface area contributed by atoms with Crippen molar-refractivity contribution < 1.29 is 5.21 Å². The Morgan fingerprint density at radius 3 is 2.78 bits per heavy atom. The van der Waals surface area contributed by atoms with Crippen LogP contribution >= 0.6 is 0 Å². The van der Waals surface area contributed by atoms with Crippen LogP contribution in [0.2, 0.25) is 0 Å². The first kappa shape index (κ1) is 11.8. The Hall–Kier alpha value is -2.64. The van der Waals surface area contributed by atoms with Gasteiger partial charge in [0.05, 0.1) is 5.69 Å². The number of benzene rings is 1. The van der Waals surface area contributed by atoms with Crippen molar-refractivity contribution in [3.8, 4) is 0 Å². The van der Waals surface area contributed by atoms with Crippen LogP contribution in [-0.4, -0.2) is 38.3 Å². The first-order chi connectivity index (χ1) is 8.65. The van der Waals surface area contributed by atoms with Gasteiger partial charge in [0, 0.05) is 19.7 Å². The van der Waals surface area contributed by atoms with Crippen molar-refractivity contribution in [2.75, 3.05) is 11.9 Å². The summed E-state index contributed by atoms with van der Waals surface area (Å²) >= 11 is 0. The Bertz CT molecular complexity index is 577. The van der Waals surface area contributed by atoms with Crippen molar-refractivity contribution in [2.24, 2.45) is 17.9 Å². The molecule has 2 aromatic rings. The standard InChI is InChI=1S/C10H13N7O/c1-16(10-12-14-15-17(10)2)8-6-4-3-5-7(8)9(11)13-18/h3-6,18H,1-2H3,(H2,11,13). The third-order valence-electron chi connectivity index (χ3n) is 2.55. The fraction of sp³-hybridized carbons (Fsp3) is 0.200. The molecule has 0 radical (unpaired) electrons. The van der Waals surface area contributed by atoms with Gasteiger partial charge in [0.25, 0.3) is 0 Å². The molecule has 0 aliphatic rings. The second kappa shape index (κ2) is 4.70. The molecule has 2 rings (SSSR count). The number of aromatic nitrogens is 4. The van der Waals surface area contributed by atoms with E-state index in [9.17, 15) is 0 Å². The Kier molecular flexibility index (Phi) is 3.09. The fourth-order valence-corrected chi connectivity index (χ4v) is 1.65. The van der Waals surface area contributed by atoms with E-state index < -0.39 is 0 Å². The third kappa shape index (κ3) is 1.95. The number of aryl methyl sites for hydroxylation is 1. The number of hydrogen-bond donors (Lipinski definition) is 2. The summed E-state index contributed by atoms with van der Waals surface area (Å²) in [5.41, 5.74) is 6.98. The molecule has 0 amide bonds. The molecule has 94 valence electrons. The van der Waals surface area contributed by atoms with Gasteiger partial charge in [-0.05, 0) is 22.6 Å². The Morgan fingerprint density at radius 2 is 2.17 bits per heavy atom. The van der Waals surface area contributed by atoms with E-state index in [1.54, 1.807) is 31.1 Å². The van der Waals surface area contributed by atoms with Gasteiger partial charge in [-0.3, -0.25) is 0 Å². The van der Waals surface area contributed by atoms with Crippen molar-refractivity contribution >= 4 is 17.5 Å². The molecule has 0 bridgehead atoms. The number of nitrogens with two attached hydrogens (primary N) is 1. The second-order valence-electron chi connectivity index (χ2n) is 3.66. The molecule has 8 nitrogen and oxygen atoms in total. The number of amidine groups is 1. The number of nitrogens with zero attached hydrogens (tertiary/aromatic N) is 6. The first-order valence-corrected chi connectivity index (χ1v) is 5.18. The minimum absolute atomic E-state index is 0.0348. The monoisotopic (exact) mass is 247 g/mol. The van der Waals surface area contributed by atoms with Crippen molar-refractivity contribution in [3.05, 3.63) is 29.8 Å². The van der Waals surface area contributed by atoms with E-state index in [2.05, 4.69) is 20.7 Å². The van der Waals surface area contributed by atoms with Gasteiger partial charge in [0.1, 0.15) is 0 Å². The van der Waals surface area contributed by atoms with Crippen LogP contribution in [0.15, 0.2) is 29.4 Å². The lowest BCUT2D eigenvalue weighted by Crippen LogP contribution is -2.21. The smallest absolute Gasteiger partial charge is 0.249 e. The molecule has 8 heteroatoms. The molecule has 0 atom stereocenters. The van der Waals surface area contributed by atoms with Crippen LogP contribution < -0.4 is 10.6 Å². The minimum Gasteiger partial charge on any atom is -0.409 e. The van der Waals surface area contributed by atoms with Crippen LogP contribution in [0.1, 0.15) is 5.56 Å². The highest BCUT2D eigenvalue weighted by molar-refractivity contribution is 6.02. The highest BCUT2D eigenvalue weighted by atomic mass is 16.4. The summed E-state index contributed by atoms with van der Waals surface area (Å²) in [6.07, 6.45) is 0. The Morgan fingerprint density at radius 1 is 1.44 bits per heavy atom. The third-order valence-corrected chi connectivity index (χ3v) is 2.55. The molecule has 0 saturated carbocycles. The van der Waals surface area contributed by atoms with Crippen LogP contribution in [0.4, 0.5) is 11.6 Å². The quantitative estimate of drug-likeness (QED) is 0.344. The van der Waals surface area contributed by atoms with Crippen LogP contribution in [0.3, 0.4) is 0 Å². The zero-order valence-corrected chi connectivity index (χ0v) is 10.0. The van der Waals surface area contributed by atoms with Gasteiger partial charge in [-0.15, -0.1) is 0 Å². The lowest BCUT2D eigenvalue weighted by atomic mass is 10.1. The van der Waals surface area contributed by atoms with E-state index in [-0.39, 0.29) is 5.84 Å². The molecule has 0 aliphatic carbocycles. The van der Waals surface area contributed by atoms with Gasteiger partial charge in [-0.1, -0.05) is 22.4 Å². The Labute approximate surface area is 103 Å². The molecule has 0 spiro atoms. The van der Waals surface area contributed by atoms with Crippen LogP contribution in [0.5, 0.6) is 0 Å². The van der Waals surface area contributed by atoms with Crippen LogP contribution in [0, 0.1) is 0 Å². The number of tetrazole rings is 1. The van der Waals surface area contributed by atoms with Gasteiger partial charge in [-0.2, -0.15) is 0 Å². The fourth-order valence-electron chi connectivity index (χ4n) is 1.65. The molecule has 0 aliphatic heterocycles. The van der Waals surface area contributed by atoms with E-state index >= 15 is 0 Å². The number of hydrogen-bond acceptors (Lipinski definition) is 6. The molecule has 0 unspecified atom stereocenters. The summed E-state index contributed by atoms with van der Waals surface area (Å²) in [5, 5.41) is 23.0. The highest BCUT2D eigenvalue weighted by Crippen LogP contribution is 2.24. The van der Waals surface area contributed by atoms with Crippen molar-refractivity contribution in [1.29, 1.82) is 0 Å². The van der Waals surface area contributed by atoms with Gasteiger partial charge in [0.15, 0.2) is 5.84 Å². The summed E-state index contributed by atoms with van der Waals surface area (Å²) < 4.78 is 1.53. The predicted molar refractivity (Wildman–Crippen MR) is 65.8 cm³/mol. The lowest BCUT2D eigenvalue weighted by molar-refractivity contribution is 0.318. The lowest BCUT2D eigenvalue weighted by Gasteiger charge is -2.19. The SMILES string of the molecule is CN(c1ccccc1C(N)=NO)c1nnnn1C. The van der Waals surface area contributed by atoms with Crippen LogP contribution in [-0.2, 0) is 7.05 Å². The van der Waals surface area contributed by atoms with E-state index in [4.69, 9.17) is 10.9 Å². The van der Waals surface area contributed by atoms with Crippen LogP contribution in [0.25, 0.3) is 0 Å². The molecule has 1 aromatic heterocycles. The second-order valence-corrected chi connectivity index (χ2v) is 3.66. The summed E-state index contributed by atoms with van der Waals surface area (Å²) in [5.74, 6) is 0.584. The average molecular weight is 247 g/mol. The van der Waals surface area contributed by atoms with E-state index in [0.717, 1.165) is 5.69 Å². The van der Waals surface area contributed by atoms with Crippen molar-refractivity contribution in [3.63, 3.8) is 0 Å². The van der Waals surface area contributed by atoms with E-state index in [1.807, 2.05) is 12.1 Å². The van der Waals surface area contributed by atoms with Crippen molar-refractivity contribution in [2.45, 2.75) is 0 Å². The molecule has 18 heavy (non-hydrogen) atoms. The maximum atomic E-state index is 8.78. The van der Waals surface area contributed by atoms with Crippen molar-refractivity contribution in [1.82, 2.24) is 20.2 Å². The molecule has 1 aromatic carbocycles. The highest BCUT2D eigenvalue weighted by Gasteiger charge is 2.15. The molecule has 0 saturated heterocycles. The zero-order valence-electron chi connectivity index (χ0n) is 10.0. The minimum atomic E-state index is 0.0348. The van der Waals surface area contributed by atoms with Gasteiger partial charge in [-0.25, -0.2) is 4.68 Å². The number of rotatable bonds is 3. The molecule has 0 fully saturated rings. The summed E-state index contributed by atoms with van der Waals surface area (Å²) in [4.78, 5) is 1.76. The first-order valence-electron chi connectivity index (χ1n) is 5.18. The van der Waals surface area contributed by atoms with Gasteiger partial charge in [0.2, 0.25) is 5.95 Å². The maximum Gasteiger partial charge on any atom is 0.249 e. The normalized spacial score (nSPS) is 11.6. The zero-order chi connectivity index (χ0) is 13.1. The maximum absolute atomic E-state index is 8.78. The van der Waals surface area contributed by atoms with E-state index in [0.29, 0.717) is 11.5 Å². The number of anilines is 2. The summed E-state index contributed by atoms with van der Waals surface area (Å²) in [6.45, 7) is 0.